The van der Waals surface area contributed by atoms with E-state index in [2.05, 4.69) is 9.98 Å². The zero-order valence-corrected chi connectivity index (χ0v) is 11.1. The van der Waals surface area contributed by atoms with Crippen molar-refractivity contribution in [1.82, 2.24) is 4.90 Å². The lowest BCUT2D eigenvalue weighted by Gasteiger charge is -2.16. The lowest BCUT2D eigenvalue weighted by atomic mass is 10.1. The third-order valence-corrected chi connectivity index (χ3v) is 3.01. The molecule has 7 nitrogen and oxygen atoms in total. The molecule has 0 unspecified atom stereocenters. The van der Waals surface area contributed by atoms with Gasteiger partial charge in [-0.1, -0.05) is 12.1 Å². The van der Waals surface area contributed by atoms with Crippen molar-refractivity contribution < 1.29 is 4.79 Å². The van der Waals surface area contributed by atoms with E-state index in [4.69, 9.17) is 17.2 Å². The zero-order valence-electron chi connectivity index (χ0n) is 11.1. The number of guanidine groups is 2. The Bertz CT molecular complexity index is 556. The number of para-hydroxylation sites is 1. The number of nitrogens with zero attached hydrogens (tertiary/aromatic N) is 3. The summed E-state index contributed by atoms with van der Waals surface area (Å²) in [6, 6.07) is 7.00. The molecule has 20 heavy (non-hydrogen) atoms. The molecule has 0 aliphatic carbocycles. The van der Waals surface area contributed by atoms with Crippen LogP contribution in [0, 0.1) is 0 Å². The molecule has 1 aliphatic rings. The smallest absolute Gasteiger partial charge is 0.256 e. The molecule has 0 radical (unpaired) electrons. The molecule has 1 saturated heterocycles. The normalized spacial score (nSPS) is 15.2. The van der Waals surface area contributed by atoms with Crippen molar-refractivity contribution in [3.05, 3.63) is 29.8 Å². The molecule has 1 fully saturated rings. The molecule has 1 aromatic rings. The SMILES string of the molecule is NC(N)=NC(N)=Nc1ccccc1C(=O)N1CCCC1. The predicted molar refractivity (Wildman–Crippen MR) is 78.7 cm³/mol. The van der Waals surface area contributed by atoms with Crippen molar-refractivity contribution in [2.24, 2.45) is 27.2 Å². The first-order valence-corrected chi connectivity index (χ1v) is 6.40. The van der Waals surface area contributed by atoms with Gasteiger partial charge >= 0.3 is 0 Å². The molecular weight excluding hydrogens is 256 g/mol. The van der Waals surface area contributed by atoms with Crippen LogP contribution in [0.2, 0.25) is 0 Å². The fourth-order valence-corrected chi connectivity index (χ4v) is 2.12. The fourth-order valence-electron chi connectivity index (χ4n) is 2.12. The van der Waals surface area contributed by atoms with Gasteiger partial charge in [0, 0.05) is 13.1 Å². The minimum atomic E-state index is -0.172. The average molecular weight is 274 g/mol. The first-order chi connectivity index (χ1) is 9.58. The van der Waals surface area contributed by atoms with Gasteiger partial charge in [0.05, 0.1) is 11.3 Å². The van der Waals surface area contributed by atoms with E-state index in [0.717, 1.165) is 25.9 Å². The highest BCUT2D eigenvalue weighted by Gasteiger charge is 2.21. The van der Waals surface area contributed by atoms with Crippen molar-refractivity contribution in [2.45, 2.75) is 12.8 Å². The molecule has 106 valence electrons. The van der Waals surface area contributed by atoms with E-state index in [9.17, 15) is 4.79 Å². The van der Waals surface area contributed by atoms with Crippen LogP contribution in [0.15, 0.2) is 34.3 Å². The van der Waals surface area contributed by atoms with Gasteiger partial charge in [0.15, 0.2) is 5.96 Å². The maximum atomic E-state index is 12.4. The highest BCUT2D eigenvalue weighted by atomic mass is 16.2. The highest BCUT2D eigenvalue weighted by Crippen LogP contribution is 2.22. The third kappa shape index (κ3) is 3.25. The third-order valence-electron chi connectivity index (χ3n) is 3.01. The molecule has 1 aromatic carbocycles. The predicted octanol–water partition coefficient (Wildman–Crippen LogP) is 0.142. The number of carbonyl (C=O) groups excluding carboxylic acids is 1. The number of rotatable bonds is 2. The summed E-state index contributed by atoms with van der Waals surface area (Å²) in [5, 5.41) is 0. The van der Waals surface area contributed by atoms with Crippen LogP contribution >= 0.6 is 0 Å². The van der Waals surface area contributed by atoms with Gasteiger partial charge in [0.2, 0.25) is 5.96 Å². The average Bonchev–Trinajstić information content (AvgIpc) is 2.91. The number of aliphatic imine (C=N–C) groups is 2. The van der Waals surface area contributed by atoms with Crippen LogP contribution in [0.25, 0.3) is 0 Å². The monoisotopic (exact) mass is 274 g/mol. The molecule has 1 amide bonds. The van der Waals surface area contributed by atoms with Crippen LogP contribution in [0.1, 0.15) is 23.2 Å². The molecule has 0 atom stereocenters. The molecule has 6 N–H and O–H groups in total. The van der Waals surface area contributed by atoms with E-state index in [1.54, 1.807) is 24.3 Å². The minimum Gasteiger partial charge on any atom is -0.370 e. The van der Waals surface area contributed by atoms with Crippen molar-refractivity contribution in [2.75, 3.05) is 13.1 Å². The van der Waals surface area contributed by atoms with E-state index >= 15 is 0 Å². The summed E-state index contributed by atoms with van der Waals surface area (Å²) >= 11 is 0. The quantitative estimate of drug-likeness (QED) is 0.524. The summed E-state index contributed by atoms with van der Waals surface area (Å²) in [6.07, 6.45) is 2.07. The molecule has 0 bridgehead atoms. The van der Waals surface area contributed by atoms with Gasteiger partial charge in [-0.05, 0) is 25.0 Å². The number of hydrogen-bond donors (Lipinski definition) is 3. The minimum absolute atomic E-state index is 0.0423. The van der Waals surface area contributed by atoms with Crippen LogP contribution in [0.3, 0.4) is 0 Å². The van der Waals surface area contributed by atoms with E-state index in [1.807, 2.05) is 4.90 Å². The highest BCUT2D eigenvalue weighted by molar-refractivity contribution is 6.01. The van der Waals surface area contributed by atoms with Gasteiger partial charge in [-0.2, -0.15) is 4.99 Å². The van der Waals surface area contributed by atoms with Gasteiger partial charge in [-0.15, -0.1) is 0 Å². The molecule has 0 saturated carbocycles. The van der Waals surface area contributed by atoms with E-state index in [1.165, 1.54) is 0 Å². The topological polar surface area (TPSA) is 123 Å². The van der Waals surface area contributed by atoms with Gasteiger partial charge in [-0.25, -0.2) is 4.99 Å². The number of benzene rings is 1. The summed E-state index contributed by atoms with van der Waals surface area (Å²) in [5.74, 6) is -0.291. The maximum Gasteiger partial charge on any atom is 0.256 e. The Hall–Kier alpha value is -2.57. The second-order valence-corrected chi connectivity index (χ2v) is 4.52. The number of amides is 1. The molecular formula is C13H18N6O. The zero-order chi connectivity index (χ0) is 14.5. The largest absolute Gasteiger partial charge is 0.370 e. The standard InChI is InChI=1S/C13H18N6O/c14-12(15)18-13(16)17-10-6-2-1-5-9(10)11(20)19-7-3-4-8-19/h1-2,5-6H,3-4,7-8H2,(H6,14,15,16,17,18). The molecule has 1 aliphatic heterocycles. The second-order valence-electron chi connectivity index (χ2n) is 4.52. The Labute approximate surface area is 117 Å². The lowest BCUT2D eigenvalue weighted by molar-refractivity contribution is 0.0793. The van der Waals surface area contributed by atoms with Crippen LogP contribution in [-0.4, -0.2) is 35.8 Å². The first-order valence-electron chi connectivity index (χ1n) is 6.40. The Morgan fingerprint density at radius 3 is 2.40 bits per heavy atom. The van der Waals surface area contributed by atoms with Gasteiger partial charge in [-0.3, -0.25) is 4.79 Å². The molecule has 1 heterocycles. The number of likely N-dealkylation sites (tertiary alicyclic amines) is 1. The van der Waals surface area contributed by atoms with E-state index < -0.39 is 0 Å². The summed E-state index contributed by atoms with van der Waals surface area (Å²) in [7, 11) is 0. The van der Waals surface area contributed by atoms with E-state index in [-0.39, 0.29) is 17.8 Å². The lowest BCUT2D eigenvalue weighted by Crippen LogP contribution is -2.28. The van der Waals surface area contributed by atoms with Crippen molar-refractivity contribution in [3.63, 3.8) is 0 Å². The van der Waals surface area contributed by atoms with Crippen LogP contribution in [0.4, 0.5) is 5.69 Å². The number of nitrogens with two attached hydrogens (primary N) is 3. The summed E-state index contributed by atoms with van der Waals surface area (Å²) < 4.78 is 0. The van der Waals surface area contributed by atoms with Crippen LogP contribution in [0.5, 0.6) is 0 Å². The molecule has 2 rings (SSSR count). The Balaban J connectivity index is 2.30. The molecule has 7 heteroatoms. The number of carbonyl (C=O) groups is 1. The first kappa shape index (κ1) is 13.9. The van der Waals surface area contributed by atoms with Crippen molar-refractivity contribution in [1.29, 1.82) is 0 Å². The summed E-state index contributed by atoms with van der Waals surface area (Å²) in [4.78, 5) is 21.9. The molecule has 0 aromatic heterocycles. The van der Waals surface area contributed by atoms with Gasteiger partial charge < -0.3 is 22.1 Å². The van der Waals surface area contributed by atoms with Crippen molar-refractivity contribution >= 4 is 23.5 Å². The Kier molecular flexibility index (Phi) is 4.19. The Morgan fingerprint density at radius 1 is 1.10 bits per heavy atom. The van der Waals surface area contributed by atoms with Gasteiger partial charge in [0.25, 0.3) is 5.91 Å². The van der Waals surface area contributed by atoms with E-state index in [0.29, 0.717) is 11.3 Å². The molecule has 0 spiro atoms. The van der Waals surface area contributed by atoms with Crippen LogP contribution in [-0.2, 0) is 0 Å². The maximum absolute atomic E-state index is 12.4. The summed E-state index contributed by atoms with van der Waals surface area (Å²) in [6.45, 7) is 1.56. The van der Waals surface area contributed by atoms with Crippen molar-refractivity contribution in [3.8, 4) is 0 Å². The van der Waals surface area contributed by atoms with Crippen LogP contribution < -0.4 is 17.2 Å². The fraction of sp³-hybridized carbons (Fsp3) is 0.308. The Morgan fingerprint density at radius 2 is 1.75 bits per heavy atom. The summed E-state index contributed by atoms with van der Waals surface area (Å²) in [5.41, 5.74) is 17.0. The second kappa shape index (κ2) is 6.05. The van der Waals surface area contributed by atoms with Gasteiger partial charge in [0.1, 0.15) is 0 Å². The number of hydrogen-bond acceptors (Lipinski definition) is 2.